The average Bonchev–Trinajstić information content (AvgIpc) is 2.73. The number of aromatic nitrogens is 2. The van der Waals surface area contributed by atoms with Gasteiger partial charge in [-0.3, -0.25) is 5.10 Å². The maximum atomic E-state index is 9.21. The van der Waals surface area contributed by atoms with Gasteiger partial charge in [0.1, 0.15) is 6.07 Å². The monoisotopic (exact) mass is 248 g/mol. The molecule has 1 aromatic heterocycles. The minimum absolute atomic E-state index is 0.0624. The third-order valence-electron chi connectivity index (χ3n) is 3.00. The molecule has 0 spiro atoms. The van der Waals surface area contributed by atoms with Crippen molar-refractivity contribution >= 4 is 0 Å². The lowest BCUT2D eigenvalue weighted by molar-refractivity contribution is 0.180. The lowest BCUT2D eigenvalue weighted by Gasteiger charge is -2.23. The number of aromatic amines is 1. The van der Waals surface area contributed by atoms with E-state index in [1.165, 1.54) is 0 Å². The third kappa shape index (κ3) is 1.93. The van der Waals surface area contributed by atoms with Gasteiger partial charge in [-0.15, -0.1) is 5.10 Å². The number of nitrogens with zero attached hydrogens (tertiary/aromatic N) is 2. The fourth-order valence-electron chi connectivity index (χ4n) is 2.24. The highest BCUT2D eigenvalue weighted by Gasteiger charge is 2.33. The highest BCUT2D eigenvalue weighted by Crippen LogP contribution is 2.41. The molecule has 6 nitrogen and oxygen atoms in total. The second-order valence-corrected chi connectivity index (χ2v) is 4.19. The Morgan fingerprint density at radius 3 is 3.00 bits per heavy atom. The van der Waals surface area contributed by atoms with Gasteiger partial charge in [0.15, 0.2) is 0 Å². The Morgan fingerprint density at radius 2 is 2.39 bits per heavy atom. The van der Waals surface area contributed by atoms with E-state index in [0.717, 1.165) is 24.1 Å². The number of hydrogen-bond donors (Lipinski definition) is 2. The number of nitrogens with one attached hydrogen (secondary N) is 1. The van der Waals surface area contributed by atoms with Crippen LogP contribution in [0, 0.1) is 11.3 Å². The second-order valence-electron chi connectivity index (χ2n) is 4.19. The second kappa shape index (κ2) is 5.10. The Hall–Kier alpha value is -2.00. The van der Waals surface area contributed by atoms with Gasteiger partial charge in [0.25, 0.3) is 0 Å². The number of H-pyrrole nitrogens is 1. The van der Waals surface area contributed by atoms with E-state index >= 15 is 0 Å². The summed E-state index contributed by atoms with van der Waals surface area (Å²) in [6.45, 7) is 2.47. The lowest BCUT2D eigenvalue weighted by Crippen LogP contribution is -2.20. The van der Waals surface area contributed by atoms with E-state index in [2.05, 4.69) is 23.2 Å². The van der Waals surface area contributed by atoms with Crippen LogP contribution in [0.25, 0.3) is 0 Å². The minimum atomic E-state index is -0.0624. The predicted octanol–water partition coefficient (Wildman–Crippen LogP) is 1.53. The Balaban J connectivity index is 2.47. The van der Waals surface area contributed by atoms with Crippen molar-refractivity contribution in [3.05, 3.63) is 22.7 Å². The van der Waals surface area contributed by atoms with E-state index in [-0.39, 0.29) is 11.8 Å². The van der Waals surface area contributed by atoms with Crippen molar-refractivity contribution in [3.63, 3.8) is 0 Å². The maximum absolute atomic E-state index is 9.21. The lowest BCUT2D eigenvalue weighted by atomic mass is 9.86. The Morgan fingerprint density at radius 1 is 1.61 bits per heavy atom. The number of allylic oxidation sites excluding steroid dienone is 1. The normalized spacial score (nSPS) is 18.2. The van der Waals surface area contributed by atoms with Gasteiger partial charge in [-0.1, -0.05) is 13.3 Å². The van der Waals surface area contributed by atoms with Crippen LogP contribution in [-0.4, -0.2) is 17.3 Å². The smallest absolute Gasteiger partial charge is 0.244 e. The molecule has 1 aromatic rings. The van der Waals surface area contributed by atoms with Crippen molar-refractivity contribution in [3.8, 4) is 11.9 Å². The average molecular weight is 248 g/mol. The molecule has 0 aliphatic carbocycles. The Kier molecular flexibility index (Phi) is 3.53. The highest BCUT2D eigenvalue weighted by molar-refractivity contribution is 5.48. The van der Waals surface area contributed by atoms with E-state index in [1.807, 2.05) is 0 Å². The molecule has 96 valence electrons. The van der Waals surface area contributed by atoms with Gasteiger partial charge in [-0.2, -0.15) is 5.26 Å². The number of nitrogens with two attached hydrogens (primary N) is 1. The first-order chi connectivity index (χ1) is 8.72. The standard InChI is InChI=1S/C12H16N4O2/c1-3-4-7-8(5-13)11(14)18-12-10(7)9(6-17-2)15-16-12/h7H,3-4,6,14H2,1-2H3,(H,15,16)/t7-/m1/s1. The summed E-state index contributed by atoms with van der Waals surface area (Å²) in [5.41, 5.74) is 7.97. The summed E-state index contributed by atoms with van der Waals surface area (Å²) in [4.78, 5) is 0. The first-order valence-corrected chi connectivity index (χ1v) is 5.86. The van der Waals surface area contributed by atoms with E-state index in [0.29, 0.717) is 18.1 Å². The maximum Gasteiger partial charge on any atom is 0.244 e. The van der Waals surface area contributed by atoms with E-state index in [1.54, 1.807) is 7.11 Å². The minimum Gasteiger partial charge on any atom is -0.420 e. The van der Waals surface area contributed by atoms with Crippen molar-refractivity contribution in [2.24, 2.45) is 5.73 Å². The molecule has 0 bridgehead atoms. The molecule has 0 unspecified atom stereocenters. The molecule has 0 radical (unpaired) electrons. The van der Waals surface area contributed by atoms with Gasteiger partial charge in [0, 0.05) is 18.6 Å². The van der Waals surface area contributed by atoms with Crippen LogP contribution in [0.15, 0.2) is 11.5 Å². The van der Waals surface area contributed by atoms with Crippen LogP contribution in [0.4, 0.5) is 0 Å². The molecule has 18 heavy (non-hydrogen) atoms. The van der Waals surface area contributed by atoms with E-state index < -0.39 is 0 Å². The summed E-state index contributed by atoms with van der Waals surface area (Å²) >= 11 is 0. The van der Waals surface area contributed by atoms with E-state index in [4.69, 9.17) is 15.2 Å². The SMILES string of the molecule is CCC[C@@H]1C(C#N)=C(N)Oc2n[nH]c(COC)c21. The fourth-order valence-corrected chi connectivity index (χ4v) is 2.24. The van der Waals surface area contributed by atoms with Gasteiger partial charge in [0.05, 0.1) is 17.9 Å². The van der Waals surface area contributed by atoms with Crippen LogP contribution in [0.5, 0.6) is 5.88 Å². The zero-order valence-corrected chi connectivity index (χ0v) is 10.5. The Bertz CT molecular complexity index is 513. The number of methoxy groups -OCH3 is 1. The zero-order valence-electron chi connectivity index (χ0n) is 10.5. The van der Waals surface area contributed by atoms with Gasteiger partial charge in [0.2, 0.25) is 11.8 Å². The molecule has 2 heterocycles. The van der Waals surface area contributed by atoms with Gasteiger partial charge >= 0.3 is 0 Å². The van der Waals surface area contributed by atoms with Gasteiger partial charge < -0.3 is 15.2 Å². The summed E-state index contributed by atoms with van der Waals surface area (Å²) < 4.78 is 10.5. The topological polar surface area (TPSA) is 97.0 Å². The van der Waals surface area contributed by atoms with Gasteiger partial charge in [-0.05, 0) is 6.42 Å². The third-order valence-corrected chi connectivity index (χ3v) is 3.00. The molecule has 1 aliphatic heterocycles. The van der Waals surface area contributed by atoms with Crippen LogP contribution in [0.2, 0.25) is 0 Å². The van der Waals surface area contributed by atoms with E-state index in [9.17, 15) is 5.26 Å². The number of rotatable bonds is 4. The summed E-state index contributed by atoms with van der Waals surface area (Å²) in [7, 11) is 1.61. The van der Waals surface area contributed by atoms with Crippen LogP contribution >= 0.6 is 0 Å². The molecular weight excluding hydrogens is 232 g/mol. The van der Waals surface area contributed by atoms with Crippen LogP contribution in [0.3, 0.4) is 0 Å². The molecule has 6 heteroatoms. The highest BCUT2D eigenvalue weighted by atomic mass is 16.5. The number of fused-ring (bicyclic) bond motifs is 1. The summed E-state index contributed by atoms with van der Waals surface area (Å²) in [5.74, 6) is 0.545. The molecule has 1 aliphatic rings. The number of ether oxygens (including phenoxy) is 2. The summed E-state index contributed by atoms with van der Waals surface area (Å²) in [6, 6.07) is 2.14. The zero-order chi connectivity index (χ0) is 13.1. The Labute approximate surface area is 105 Å². The number of nitriles is 1. The molecule has 0 aromatic carbocycles. The molecule has 0 saturated heterocycles. The summed E-state index contributed by atoms with van der Waals surface area (Å²) in [6.07, 6.45) is 1.77. The van der Waals surface area contributed by atoms with Crippen molar-refractivity contribution < 1.29 is 9.47 Å². The van der Waals surface area contributed by atoms with Crippen LogP contribution in [-0.2, 0) is 11.3 Å². The van der Waals surface area contributed by atoms with Gasteiger partial charge in [-0.25, -0.2) is 0 Å². The molecule has 0 fully saturated rings. The number of hydrogen-bond acceptors (Lipinski definition) is 5. The molecule has 3 N–H and O–H groups in total. The molecule has 0 amide bonds. The first kappa shape index (κ1) is 12.5. The van der Waals surface area contributed by atoms with Crippen LogP contribution in [0.1, 0.15) is 36.9 Å². The molecule has 0 saturated carbocycles. The first-order valence-electron chi connectivity index (χ1n) is 5.86. The van der Waals surface area contributed by atoms with Crippen LogP contribution < -0.4 is 10.5 Å². The molecular formula is C12H16N4O2. The van der Waals surface area contributed by atoms with Crippen molar-refractivity contribution in [1.82, 2.24) is 10.2 Å². The summed E-state index contributed by atoms with van der Waals surface area (Å²) in [5, 5.41) is 16.2. The van der Waals surface area contributed by atoms with Crippen molar-refractivity contribution in [2.45, 2.75) is 32.3 Å². The molecule has 2 rings (SSSR count). The quantitative estimate of drug-likeness (QED) is 0.842. The van der Waals surface area contributed by atoms with Crippen molar-refractivity contribution in [2.75, 3.05) is 7.11 Å². The fraction of sp³-hybridized carbons (Fsp3) is 0.500. The largest absolute Gasteiger partial charge is 0.420 e. The predicted molar refractivity (Wildman–Crippen MR) is 64.4 cm³/mol. The van der Waals surface area contributed by atoms with Crippen molar-refractivity contribution in [1.29, 1.82) is 5.26 Å². The molecule has 1 atom stereocenters.